The number of aryl methyl sites for hydroxylation is 1. The minimum absolute atomic E-state index is 0.216. The number of hydrogen-bond acceptors (Lipinski definition) is 4. The number of esters is 1. The third kappa shape index (κ3) is 3.69. The van der Waals surface area contributed by atoms with Gasteiger partial charge in [0.1, 0.15) is 0 Å². The quantitative estimate of drug-likeness (QED) is 0.783. The highest BCUT2D eigenvalue weighted by molar-refractivity contribution is 6.30. The summed E-state index contributed by atoms with van der Waals surface area (Å²) < 4.78 is 7.21. The van der Waals surface area contributed by atoms with Crippen LogP contribution in [0.25, 0.3) is 17.0 Å². The normalized spacial score (nSPS) is 16.3. The van der Waals surface area contributed by atoms with Crippen molar-refractivity contribution in [2.45, 2.75) is 47.1 Å². The highest BCUT2D eigenvalue weighted by atomic mass is 35.5. The lowest BCUT2D eigenvalue weighted by atomic mass is 9.97. The van der Waals surface area contributed by atoms with Crippen LogP contribution in [0.2, 0.25) is 5.02 Å². The second-order valence-electron chi connectivity index (χ2n) is 8.49. The number of amides is 1. The Labute approximate surface area is 169 Å². The molecule has 1 aromatic heterocycles. The molecule has 0 radical (unpaired) electrons. The number of benzene rings is 1. The average Bonchev–Trinajstić information content (AvgIpc) is 3.03. The van der Waals surface area contributed by atoms with Gasteiger partial charge in [0, 0.05) is 16.3 Å². The van der Waals surface area contributed by atoms with Crippen LogP contribution in [0.5, 0.6) is 0 Å². The number of carbonyl (C=O) groups excluding carboxylic acids is 2. The number of hydrogen-bond donors (Lipinski definition) is 1. The Morgan fingerprint density at radius 1 is 1.25 bits per heavy atom. The third-order valence-electron chi connectivity index (χ3n) is 4.45. The predicted molar refractivity (Wildman–Crippen MR) is 108 cm³/mol. The maximum Gasteiger partial charge on any atom is 0.316 e. The molecule has 0 fully saturated rings. The molecular weight excluding hydrogens is 378 g/mol. The highest BCUT2D eigenvalue weighted by Gasteiger charge is 2.44. The lowest BCUT2D eigenvalue weighted by Crippen LogP contribution is -2.40. The van der Waals surface area contributed by atoms with Gasteiger partial charge < -0.3 is 10.1 Å². The van der Waals surface area contributed by atoms with E-state index in [0.29, 0.717) is 10.7 Å². The van der Waals surface area contributed by atoms with E-state index in [-0.39, 0.29) is 17.4 Å². The van der Waals surface area contributed by atoms with Gasteiger partial charge in [-0.1, -0.05) is 23.7 Å². The molecule has 0 spiro atoms. The van der Waals surface area contributed by atoms with Crippen LogP contribution in [0.15, 0.2) is 36.1 Å². The predicted octanol–water partition coefficient (Wildman–Crippen LogP) is 4.18. The van der Waals surface area contributed by atoms with Crippen molar-refractivity contribution < 1.29 is 14.3 Å². The van der Waals surface area contributed by atoms with Gasteiger partial charge in [0.05, 0.1) is 16.6 Å². The standard InChI is InChI=1S/C21H24ClN3O3/c1-12-10-15(13-8-7-9-14(22)11-13)24-25(12)16-17(21(5,6)23-18(16)26)28-19(27)20(2,3)4/h7-11H,1-6H3,(H,23,26). The van der Waals surface area contributed by atoms with Gasteiger partial charge in [-0.2, -0.15) is 5.10 Å². The fourth-order valence-electron chi connectivity index (χ4n) is 2.90. The van der Waals surface area contributed by atoms with Crippen molar-refractivity contribution in [1.29, 1.82) is 0 Å². The molecule has 1 aromatic carbocycles. The molecule has 1 aliphatic rings. The van der Waals surface area contributed by atoms with E-state index in [9.17, 15) is 9.59 Å². The molecule has 3 rings (SSSR count). The number of aromatic nitrogens is 2. The summed E-state index contributed by atoms with van der Waals surface area (Å²) in [5.74, 6) is -0.490. The third-order valence-corrected chi connectivity index (χ3v) is 4.69. The van der Waals surface area contributed by atoms with Crippen molar-refractivity contribution in [3.8, 4) is 11.3 Å². The molecule has 0 aliphatic carbocycles. The highest BCUT2D eigenvalue weighted by Crippen LogP contribution is 2.34. The first-order valence-electron chi connectivity index (χ1n) is 9.03. The van der Waals surface area contributed by atoms with Crippen LogP contribution in [0, 0.1) is 12.3 Å². The van der Waals surface area contributed by atoms with Crippen LogP contribution < -0.4 is 5.32 Å². The second kappa shape index (κ2) is 6.78. The summed E-state index contributed by atoms with van der Waals surface area (Å²) in [5.41, 5.74) is 0.926. The number of nitrogens with zero attached hydrogens (tertiary/aromatic N) is 2. The van der Waals surface area contributed by atoms with Crippen LogP contribution in [0.3, 0.4) is 0 Å². The Kier molecular flexibility index (Phi) is 4.88. The summed E-state index contributed by atoms with van der Waals surface area (Å²) in [4.78, 5) is 25.2. The zero-order valence-corrected chi connectivity index (χ0v) is 17.6. The van der Waals surface area contributed by atoms with E-state index in [1.54, 1.807) is 46.8 Å². The molecule has 7 heteroatoms. The Balaban J connectivity index is 2.12. The lowest BCUT2D eigenvalue weighted by Gasteiger charge is -2.24. The van der Waals surface area contributed by atoms with Crippen LogP contribution in [0.1, 0.15) is 40.3 Å². The van der Waals surface area contributed by atoms with Crippen molar-refractivity contribution in [3.05, 3.63) is 46.8 Å². The lowest BCUT2D eigenvalue weighted by molar-refractivity contribution is -0.149. The fourth-order valence-corrected chi connectivity index (χ4v) is 3.09. The van der Waals surface area contributed by atoms with Gasteiger partial charge in [0.25, 0.3) is 5.91 Å². The van der Waals surface area contributed by atoms with Gasteiger partial charge >= 0.3 is 5.97 Å². The van der Waals surface area contributed by atoms with Crippen molar-refractivity contribution in [2.75, 3.05) is 0 Å². The van der Waals surface area contributed by atoms with E-state index in [4.69, 9.17) is 16.3 Å². The maximum absolute atomic E-state index is 12.7. The summed E-state index contributed by atoms with van der Waals surface area (Å²) in [6.07, 6.45) is 0. The summed E-state index contributed by atoms with van der Waals surface area (Å²) in [6, 6.07) is 9.19. The zero-order chi connectivity index (χ0) is 20.9. The summed E-state index contributed by atoms with van der Waals surface area (Å²) in [5, 5.41) is 8.05. The van der Waals surface area contributed by atoms with Gasteiger partial charge in [-0.15, -0.1) is 0 Å². The molecule has 0 unspecified atom stereocenters. The van der Waals surface area contributed by atoms with Crippen LogP contribution in [0.4, 0.5) is 0 Å². The molecule has 0 saturated heterocycles. The van der Waals surface area contributed by atoms with Crippen molar-refractivity contribution in [1.82, 2.24) is 15.1 Å². The first-order valence-corrected chi connectivity index (χ1v) is 9.40. The smallest absolute Gasteiger partial charge is 0.316 e. The first-order chi connectivity index (χ1) is 12.9. The Morgan fingerprint density at radius 3 is 2.54 bits per heavy atom. The number of ether oxygens (including phenoxy) is 1. The molecule has 0 bridgehead atoms. The Hall–Kier alpha value is -2.60. The molecule has 2 aromatic rings. The van der Waals surface area contributed by atoms with E-state index in [2.05, 4.69) is 10.4 Å². The second-order valence-corrected chi connectivity index (χ2v) is 8.93. The first kappa shape index (κ1) is 20.1. The minimum atomic E-state index is -0.831. The zero-order valence-electron chi connectivity index (χ0n) is 16.9. The van der Waals surface area contributed by atoms with E-state index in [0.717, 1.165) is 11.3 Å². The van der Waals surface area contributed by atoms with E-state index >= 15 is 0 Å². The SMILES string of the molecule is Cc1cc(-c2cccc(Cl)c2)nn1C1=C(OC(=O)C(C)(C)C)C(C)(C)NC1=O. The maximum atomic E-state index is 12.7. The van der Waals surface area contributed by atoms with E-state index in [1.165, 1.54) is 4.68 Å². The molecule has 28 heavy (non-hydrogen) atoms. The largest absolute Gasteiger partial charge is 0.426 e. The van der Waals surface area contributed by atoms with Gasteiger partial charge in [-0.05, 0) is 59.7 Å². The molecule has 148 valence electrons. The summed E-state index contributed by atoms with van der Waals surface area (Å²) in [7, 11) is 0. The Morgan fingerprint density at radius 2 is 1.93 bits per heavy atom. The molecule has 1 N–H and O–H groups in total. The molecule has 1 amide bonds. The van der Waals surface area contributed by atoms with Crippen LogP contribution in [-0.4, -0.2) is 27.2 Å². The molecule has 0 saturated carbocycles. The van der Waals surface area contributed by atoms with Gasteiger partial charge in [-0.25, -0.2) is 4.68 Å². The monoisotopic (exact) mass is 401 g/mol. The summed E-state index contributed by atoms with van der Waals surface area (Å²) >= 11 is 6.09. The average molecular weight is 402 g/mol. The summed E-state index contributed by atoms with van der Waals surface area (Å²) in [6.45, 7) is 10.7. The van der Waals surface area contributed by atoms with Crippen LogP contribution >= 0.6 is 11.6 Å². The van der Waals surface area contributed by atoms with Gasteiger partial charge in [-0.3, -0.25) is 9.59 Å². The number of rotatable bonds is 3. The van der Waals surface area contributed by atoms with E-state index in [1.807, 2.05) is 25.1 Å². The number of carbonyl (C=O) groups is 2. The molecular formula is C21H24ClN3O3. The van der Waals surface area contributed by atoms with Crippen molar-refractivity contribution >= 4 is 29.2 Å². The van der Waals surface area contributed by atoms with Crippen molar-refractivity contribution in [3.63, 3.8) is 0 Å². The fraction of sp³-hybridized carbons (Fsp3) is 0.381. The minimum Gasteiger partial charge on any atom is -0.426 e. The number of halogens is 1. The van der Waals surface area contributed by atoms with E-state index < -0.39 is 16.9 Å². The molecule has 2 heterocycles. The molecule has 1 aliphatic heterocycles. The molecule has 6 nitrogen and oxygen atoms in total. The van der Waals surface area contributed by atoms with Gasteiger partial charge in [0.15, 0.2) is 11.5 Å². The van der Waals surface area contributed by atoms with Crippen LogP contribution in [-0.2, 0) is 14.3 Å². The van der Waals surface area contributed by atoms with Crippen molar-refractivity contribution in [2.24, 2.45) is 5.41 Å². The number of nitrogens with one attached hydrogen (secondary N) is 1. The topological polar surface area (TPSA) is 73.2 Å². The van der Waals surface area contributed by atoms with Gasteiger partial charge in [0.2, 0.25) is 0 Å². The molecule has 0 atom stereocenters. The Bertz CT molecular complexity index is 997.